The Labute approximate surface area is 155 Å². The van der Waals surface area contributed by atoms with Crippen LogP contribution in [0.1, 0.15) is 54.4 Å². The quantitative estimate of drug-likeness (QED) is 0.654. The highest BCUT2D eigenvalue weighted by Crippen LogP contribution is 2.37. The van der Waals surface area contributed by atoms with Crippen molar-refractivity contribution in [2.24, 2.45) is 11.3 Å². The molecule has 2 nitrogen and oxygen atoms in total. The van der Waals surface area contributed by atoms with Crippen LogP contribution in [-0.2, 0) is 6.54 Å². The minimum absolute atomic E-state index is 0.128. The minimum Gasteiger partial charge on any atom is -0.295 e. The third-order valence-electron chi connectivity index (χ3n) is 5.09. The number of hydrogen-bond acceptors (Lipinski definition) is 3. The Kier molecular flexibility index (Phi) is 5.45. The normalized spacial score (nSPS) is 21.6. The molecule has 1 fully saturated rings. The molecule has 2 atom stereocenters. The molecular formula is C22H29NOS. The number of rotatable bonds is 5. The molecule has 1 aromatic heterocycles. The van der Waals surface area contributed by atoms with Gasteiger partial charge in [-0.1, -0.05) is 56.7 Å². The van der Waals surface area contributed by atoms with Crippen LogP contribution in [0, 0.1) is 18.3 Å². The lowest BCUT2D eigenvalue weighted by atomic mass is 9.81. The summed E-state index contributed by atoms with van der Waals surface area (Å²) in [5.41, 5.74) is 2.85. The number of ketones is 1. The molecule has 1 saturated heterocycles. The van der Waals surface area contributed by atoms with Crippen LogP contribution in [0.3, 0.4) is 0 Å². The molecule has 2 heterocycles. The topological polar surface area (TPSA) is 20.3 Å². The van der Waals surface area contributed by atoms with Gasteiger partial charge in [0, 0.05) is 18.5 Å². The number of carbonyl (C=O) groups is 1. The van der Waals surface area contributed by atoms with Crippen molar-refractivity contribution in [2.45, 2.75) is 53.1 Å². The molecule has 0 radical (unpaired) electrons. The van der Waals surface area contributed by atoms with Gasteiger partial charge in [-0.2, -0.15) is 0 Å². The molecule has 134 valence electrons. The summed E-state index contributed by atoms with van der Waals surface area (Å²) in [7, 11) is 0. The summed E-state index contributed by atoms with van der Waals surface area (Å²) in [6.07, 6.45) is 2.03. The molecule has 3 rings (SSSR count). The molecule has 2 aromatic rings. The predicted molar refractivity (Wildman–Crippen MR) is 106 cm³/mol. The van der Waals surface area contributed by atoms with Gasteiger partial charge < -0.3 is 0 Å². The van der Waals surface area contributed by atoms with Crippen LogP contribution >= 0.6 is 11.3 Å². The molecule has 0 amide bonds. The second-order valence-corrected chi connectivity index (χ2v) is 9.47. The zero-order valence-corrected chi connectivity index (χ0v) is 16.6. The number of likely N-dealkylation sites (tertiary alicyclic amines) is 1. The zero-order valence-electron chi connectivity index (χ0n) is 15.8. The Bertz CT molecular complexity index is 697. The van der Waals surface area contributed by atoms with Crippen LogP contribution in [0.4, 0.5) is 0 Å². The average Bonchev–Trinajstić information content (AvgIpc) is 3.19. The number of thiophene rings is 1. The van der Waals surface area contributed by atoms with Crippen molar-refractivity contribution in [1.29, 1.82) is 0 Å². The Morgan fingerprint density at radius 1 is 1.20 bits per heavy atom. The Balaban J connectivity index is 1.80. The van der Waals surface area contributed by atoms with E-state index < -0.39 is 0 Å². The lowest BCUT2D eigenvalue weighted by Gasteiger charge is -2.33. The van der Waals surface area contributed by atoms with Crippen LogP contribution in [0.2, 0.25) is 0 Å². The fourth-order valence-corrected chi connectivity index (χ4v) is 4.58. The van der Waals surface area contributed by atoms with Crippen LogP contribution in [0.5, 0.6) is 0 Å². The van der Waals surface area contributed by atoms with E-state index in [1.165, 1.54) is 11.1 Å². The smallest absolute Gasteiger partial charge is 0.177 e. The first kappa shape index (κ1) is 18.3. The Morgan fingerprint density at radius 2 is 1.92 bits per heavy atom. The van der Waals surface area contributed by atoms with Crippen molar-refractivity contribution in [2.75, 3.05) is 6.54 Å². The van der Waals surface area contributed by atoms with E-state index in [-0.39, 0.29) is 11.3 Å². The van der Waals surface area contributed by atoms with Crippen molar-refractivity contribution >= 4 is 17.1 Å². The van der Waals surface area contributed by atoms with Crippen molar-refractivity contribution in [1.82, 2.24) is 4.90 Å². The van der Waals surface area contributed by atoms with Gasteiger partial charge in [0.15, 0.2) is 5.78 Å². The van der Waals surface area contributed by atoms with Gasteiger partial charge in [-0.25, -0.2) is 0 Å². The van der Waals surface area contributed by atoms with Gasteiger partial charge in [-0.15, -0.1) is 11.3 Å². The summed E-state index contributed by atoms with van der Waals surface area (Å²) in [4.78, 5) is 16.5. The number of carbonyl (C=O) groups excluding carboxylic acids is 1. The highest BCUT2D eigenvalue weighted by atomic mass is 32.1. The van der Waals surface area contributed by atoms with E-state index >= 15 is 0 Å². The van der Waals surface area contributed by atoms with Crippen LogP contribution < -0.4 is 0 Å². The summed E-state index contributed by atoms with van der Waals surface area (Å²) in [5, 5.41) is 2.00. The first-order chi connectivity index (χ1) is 11.8. The highest BCUT2D eigenvalue weighted by Gasteiger charge is 2.40. The van der Waals surface area contributed by atoms with Crippen molar-refractivity contribution in [3.05, 3.63) is 57.8 Å². The summed E-state index contributed by atoms with van der Waals surface area (Å²) < 4.78 is 0. The van der Waals surface area contributed by atoms with E-state index in [0.29, 0.717) is 11.8 Å². The summed E-state index contributed by atoms with van der Waals surface area (Å²) in [6, 6.07) is 13.1. The minimum atomic E-state index is 0.128. The number of nitrogens with zero attached hydrogens (tertiary/aromatic N) is 1. The van der Waals surface area contributed by atoms with Gasteiger partial charge in [0.1, 0.15) is 0 Å². The standard InChI is InChI=1S/C22H29NOS/c1-16-7-9-17(10-8-16)15-23-12-11-18(19(23)14-22(2,3)4)21(24)20-6-5-13-25-20/h5-10,13,18-19H,11-12,14-15H2,1-4H3/t18-,19-/m0/s1. The lowest BCUT2D eigenvalue weighted by molar-refractivity contribution is 0.0847. The molecular weight excluding hydrogens is 326 g/mol. The second kappa shape index (κ2) is 7.43. The first-order valence-corrected chi connectivity index (χ1v) is 10.1. The molecule has 0 bridgehead atoms. The molecule has 0 saturated carbocycles. The van der Waals surface area contributed by atoms with Gasteiger partial charge in [-0.3, -0.25) is 9.69 Å². The van der Waals surface area contributed by atoms with Crippen molar-refractivity contribution < 1.29 is 4.79 Å². The molecule has 3 heteroatoms. The fraction of sp³-hybridized carbons (Fsp3) is 0.500. The number of aryl methyl sites for hydroxylation is 1. The van der Waals surface area contributed by atoms with Crippen LogP contribution in [0.15, 0.2) is 41.8 Å². The fourth-order valence-electron chi connectivity index (χ4n) is 3.85. The first-order valence-electron chi connectivity index (χ1n) is 9.21. The van der Waals surface area contributed by atoms with Gasteiger partial charge in [0.05, 0.1) is 4.88 Å². The highest BCUT2D eigenvalue weighted by molar-refractivity contribution is 7.12. The molecule has 0 unspecified atom stereocenters. The molecule has 0 aliphatic carbocycles. The van der Waals surface area contributed by atoms with E-state index in [1.54, 1.807) is 11.3 Å². The maximum atomic E-state index is 13.0. The monoisotopic (exact) mass is 355 g/mol. The Hall–Kier alpha value is -1.45. The summed E-state index contributed by atoms with van der Waals surface area (Å²) in [5.74, 6) is 0.471. The van der Waals surface area contributed by atoms with Crippen LogP contribution in [0.25, 0.3) is 0 Å². The second-order valence-electron chi connectivity index (χ2n) is 8.52. The molecule has 0 N–H and O–H groups in total. The third kappa shape index (κ3) is 4.59. The SMILES string of the molecule is Cc1ccc(CN2CC[C@H](C(=O)c3cccs3)[C@@H]2CC(C)(C)C)cc1. The predicted octanol–water partition coefficient (Wildman–Crippen LogP) is 5.57. The van der Waals surface area contributed by atoms with E-state index in [9.17, 15) is 4.79 Å². The van der Waals surface area contributed by atoms with Gasteiger partial charge in [0.2, 0.25) is 0 Å². The molecule has 25 heavy (non-hydrogen) atoms. The van der Waals surface area contributed by atoms with E-state index in [4.69, 9.17) is 0 Å². The van der Waals surface area contributed by atoms with E-state index in [1.807, 2.05) is 17.5 Å². The average molecular weight is 356 g/mol. The van der Waals surface area contributed by atoms with Gasteiger partial charge >= 0.3 is 0 Å². The van der Waals surface area contributed by atoms with E-state index in [2.05, 4.69) is 56.9 Å². The summed E-state index contributed by atoms with van der Waals surface area (Å²) >= 11 is 1.58. The summed E-state index contributed by atoms with van der Waals surface area (Å²) in [6.45, 7) is 10.9. The number of Topliss-reactive ketones (excluding diaryl/α,β-unsaturated/α-hetero) is 1. The lowest BCUT2D eigenvalue weighted by Crippen LogP contribution is -2.38. The van der Waals surface area contributed by atoms with E-state index in [0.717, 1.165) is 30.8 Å². The Morgan fingerprint density at radius 3 is 2.52 bits per heavy atom. The van der Waals surface area contributed by atoms with Crippen LogP contribution in [-0.4, -0.2) is 23.3 Å². The maximum Gasteiger partial charge on any atom is 0.177 e. The maximum absolute atomic E-state index is 13.0. The zero-order chi connectivity index (χ0) is 18.0. The largest absolute Gasteiger partial charge is 0.295 e. The number of hydrogen-bond donors (Lipinski definition) is 0. The van der Waals surface area contributed by atoms with Crippen molar-refractivity contribution in [3.8, 4) is 0 Å². The number of benzene rings is 1. The van der Waals surface area contributed by atoms with Gasteiger partial charge in [0.25, 0.3) is 0 Å². The van der Waals surface area contributed by atoms with Crippen molar-refractivity contribution in [3.63, 3.8) is 0 Å². The molecule has 1 aromatic carbocycles. The molecule has 1 aliphatic rings. The molecule has 0 spiro atoms. The molecule has 1 aliphatic heterocycles. The third-order valence-corrected chi connectivity index (χ3v) is 5.97. The van der Waals surface area contributed by atoms with Gasteiger partial charge in [-0.05, 0) is 48.7 Å².